The smallest absolute Gasteiger partial charge is 0.231 e. The summed E-state index contributed by atoms with van der Waals surface area (Å²) < 4.78 is 21.5. The van der Waals surface area contributed by atoms with Crippen LogP contribution in [0.5, 0.6) is 17.2 Å². The predicted octanol–water partition coefficient (Wildman–Crippen LogP) is 2.87. The lowest BCUT2D eigenvalue weighted by Crippen LogP contribution is -2.17. The summed E-state index contributed by atoms with van der Waals surface area (Å²) in [4.78, 5) is 0. The lowest BCUT2D eigenvalue weighted by atomic mass is 10.1. The monoisotopic (exact) mass is 275 g/mol. The topological polar surface area (TPSA) is 52.9 Å². The Kier molecular flexibility index (Phi) is 3.52. The summed E-state index contributed by atoms with van der Waals surface area (Å²) >= 11 is 0. The van der Waals surface area contributed by atoms with Crippen molar-refractivity contribution >= 4 is 0 Å². The summed E-state index contributed by atoms with van der Waals surface area (Å²) in [5, 5.41) is 3.40. The minimum Gasteiger partial charge on any atom is -0.493 e. The molecule has 1 aliphatic heterocycles. The number of rotatable bonds is 5. The largest absolute Gasteiger partial charge is 0.493 e. The number of fused-ring (bicyclic) bond motifs is 1. The van der Waals surface area contributed by atoms with Crippen molar-refractivity contribution in [2.75, 3.05) is 13.9 Å². The standard InChI is InChI=1S/C15H17NO4/c1-10(12-4-3-5-18-12)16-8-11-6-13(17-2)15-14(7-11)19-9-20-15/h3-7,10,16H,8-9H2,1-2H3/t10-/m1/s1. The Morgan fingerprint density at radius 1 is 1.35 bits per heavy atom. The molecule has 0 radical (unpaired) electrons. The van der Waals surface area contributed by atoms with Crippen LogP contribution in [0.1, 0.15) is 24.3 Å². The van der Waals surface area contributed by atoms with Gasteiger partial charge >= 0.3 is 0 Å². The van der Waals surface area contributed by atoms with E-state index in [1.807, 2.05) is 24.3 Å². The molecule has 2 heterocycles. The fraction of sp³-hybridized carbons (Fsp3) is 0.333. The van der Waals surface area contributed by atoms with Gasteiger partial charge in [0.2, 0.25) is 12.5 Å². The Morgan fingerprint density at radius 2 is 2.25 bits per heavy atom. The van der Waals surface area contributed by atoms with E-state index in [-0.39, 0.29) is 12.8 Å². The Labute approximate surface area is 117 Å². The number of hydrogen-bond donors (Lipinski definition) is 1. The summed E-state index contributed by atoms with van der Waals surface area (Å²) in [5.74, 6) is 3.02. The molecule has 1 aromatic heterocycles. The maximum Gasteiger partial charge on any atom is 0.231 e. The number of methoxy groups -OCH3 is 1. The molecular weight excluding hydrogens is 258 g/mol. The molecule has 106 valence electrons. The molecule has 0 saturated carbocycles. The highest BCUT2D eigenvalue weighted by molar-refractivity contribution is 5.55. The van der Waals surface area contributed by atoms with Crippen molar-refractivity contribution in [2.24, 2.45) is 0 Å². The maximum absolute atomic E-state index is 5.41. The van der Waals surface area contributed by atoms with Crippen LogP contribution in [-0.4, -0.2) is 13.9 Å². The molecule has 3 rings (SSSR count). The average Bonchev–Trinajstić information content (AvgIpc) is 3.14. The maximum atomic E-state index is 5.41. The zero-order valence-corrected chi connectivity index (χ0v) is 11.5. The third kappa shape index (κ3) is 2.44. The van der Waals surface area contributed by atoms with Gasteiger partial charge in [-0.05, 0) is 36.8 Å². The normalized spacial score (nSPS) is 14.3. The van der Waals surface area contributed by atoms with E-state index in [9.17, 15) is 0 Å². The van der Waals surface area contributed by atoms with Crippen molar-refractivity contribution in [2.45, 2.75) is 19.5 Å². The van der Waals surface area contributed by atoms with Crippen LogP contribution in [0.15, 0.2) is 34.9 Å². The van der Waals surface area contributed by atoms with Gasteiger partial charge in [0.1, 0.15) is 5.76 Å². The molecule has 0 bridgehead atoms. The highest BCUT2D eigenvalue weighted by Crippen LogP contribution is 2.41. The number of nitrogens with one attached hydrogen (secondary N) is 1. The van der Waals surface area contributed by atoms with Gasteiger partial charge in [0.25, 0.3) is 0 Å². The lowest BCUT2D eigenvalue weighted by Gasteiger charge is -2.13. The molecule has 0 saturated heterocycles. The minimum atomic E-state index is 0.140. The SMILES string of the molecule is COc1cc(CN[C@H](C)c2ccco2)cc2c1OCO2. The summed E-state index contributed by atoms with van der Waals surface area (Å²) in [6, 6.07) is 7.90. The molecule has 0 amide bonds. The minimum absolute atomic E-state index is 0.140. The van der Waals surface area contributed by atoms with Gasteiger partial charge in [-0.15, -0.1) is 0 Å². The first kappa shape index (κ1) is 12.9. The van der Waals surface area contributed by atoms with Gasteiger partial charge in [-0.2, -0.15) is 0 Å². The molecule has 20 heavy (non-hydrogen) atoms. The number of furan rings is 1. The zero-order valence-electron chi connectivity index (χ0n) is 11.5. The molecule has 2 aromatic rings. The molecule has 0 unspecified atom stereocenters. The van der Waals surface area contributed by atoms with Gasteiger partial charge in [0.05, 0.1) is 19.4 Å². The number of ether oxygens (including phenoxy) is 3. The lowest BCUT2D eigenvalue weighted by molar-refractivity contribution is 0.171. The third-order valence-corrected chi connectivity index (χ3v) is 3.30. The van der Waals surface area contributed by atoms with Crippen LogP contribution in [0.2, 0.25) is 0 Å². The molecule has 1 atom stereocenters. The summed E-state index contributed by atoms with van der Waals surface area (Å²) in [6.07, 6.45) is 1.68. The van der Waals surface area contributed by atoms with Crippen molar-refractivity contribution in [3.8, 4) is 17.2 Å². The van der Waals surface area contributed by atoms with Crippen LogP contribution in [0.25, 0.3) is 0 Å². The number of benzene rings is 1. The summed E-state index contributed by atoms with van der Waals surface area (Å²) in [5.41, 5.74) is 1.07. The number of hydrogen-bond acceptors (Lipinski definition) is 5. The van der Waals surface area contributed by atoms with Gasteiger partial charge in [0.15, 0.2) is 11.5 Å². The van der Waals surface area contributed by atoms with Crippen molar-refractivity contribution in [1.29, 1.82) is 0 Å². The van der Waals surface area contributed by atoms with E-state index < -0.39 is 0 Å². The van der Waals surface area contributed by atoms with Crippen molar-refractivity contribution < 1.29 is 18.6 Å². The van der Waals surface area contributed by atoms with E-state index in [0.717, 1.165) is 17.1 Å². The van der Waals surface area contributed by atoms with E-state index in [1.54, 1.807) is 13.4 Å². The highest BCUT2D eigenvalue weighted by Gasteiger charge is 2.20. The van der Waals surface area contributed by atoms with Crippen LogP contribution in [0, 0.1) is 0 Å². The molecule has 1 aromatic carbocycles. The molecule has 1 aliphatic rings. The molecular formula is C15H17NO4. The fourth-order valence-corrected chi connectivity index (χ4v) is 2.20. The third-order valence-electron chi connectivity index (χ3n) is 3.30. The second-order valence-corrected chi connectivity index (χ2v) is 4.65. The van der Waals surface area contributed by atoms with Crippen molar-refractivity contribution in [1.82, 2.24) is 5.32 Å². The van der Waals surface area contributed by atoms with Crippen LogP contribution in [0.4, 0.5) is 0 Å². The van der Waals surface area contributed by atoms with Crippen LogP contribution >= 0.6 is 0 Å². The van der Waals surface area contributed by atoms with Gasteiger partial charge in [-0.25, -0.2) is 0 Å². The first-order chi connectivity index (χ1) is 9.78. The van der Waals surface area contributed by atoms with Gasteiger partial charge in [-0.1, -0.05) is 0 Å². The summed E-state index contributed by atoms with van der Waals surface area (Å²) in [6.45, 7) is 2.99. The van der Waals surface area contributed by atoms with Gasteiger partial charge in [-0.3, -0.25) is 0 Å². The quantitative estimate of drug-likeness (QED) is 0.909. The van der Waals surface area contributed by atoms with Crippen LogP contribution in [0.3, 0.4) is 0 Å². The van der Waals surface area contributed by atoms with E-state index in [4.69, 9.17) is 18.6 Å². The van der Waals surface area contributed by atoms with Crippen LogP contribution < -0.4 is 19.5 Å². The molecule has 1 N–H and O–H groups in total. The van der Waals surface area contributed by atoms with E-state index in [1.165, 1.54) is 0 Å². The second-order valence-electron chi connectivity index (χ2n) is 4.65. The fourth-order valence-electron chi connectivity index (χ4n) is 2.20. The van der Waals surface area contributed by atoms with Crippen molar-refractivity contribution in [3.05, 3.63) is 41.9 Å². The predicted molar refractivity (Wildman–Crippen MR) is 73.1 cm³/mol. The highest BCUT2D eigenvalue weighted by atomic mass is 16.7. The average molecular weight is 275 g/mol. The van der Waals surface area contributed by atoms with Gasteiger partial charge < -0.3 is 23.9 Å². The first-order valence-corrected chi connectivity index (χ1v) is 6.51. The molecule has 0 spiro atoms. The van der Waals surface area contributed by atoms with Crippen LogP contribution in [-0.2, 0) is 6.54 Å². The Balaban J connectivity index is 1.72. The van der Waals surface area contributed by atoms with E-state index >= 15 is 0 Å². The molecule has 5 nitrogen and oxygen atoms in total. The molecule has 5 heteroatoms. The summed E-state index contributed by atoms with van der Waals surface area (Å²) in [7, 11) is 1.62. The van der Waals surface area contributed by atoms with Crippen molar-refractivity contribution in [3.63, 3.8) is 0 Å². The van der Waals surface area contributed by atoms with Gasteiger partial charge in [0, 0.05) is 6.54 Å². The molecule has 0 aliphatic carbocycles. The Bertz CT molecular complexity index is 580. The zero-order chi connectivity index (χ0) is 13.9. The Morgan fingerprint density at radius 3 is 3.00 bits per heavy atom. The van der Waals surface area contributed by atoms with E-state index in [2.05, 4.69) is 12.2 Å². The molecule has 0 fully saturated rings. The second kappa shape index (κ2) is 5.46. The first-order valence-electron chi connectivity index (χ1n) is 6.51. The Hall–Kier alpha value is -2.14. The van der Waals surface area contributed by atoms with E-state index in [0.29, 0.717) is 18.0 Å².